The Labute approximate surface area is 143 Å². The number of likely N-dealkylation sites (N-methyl/N-ethyl adjacent to an activating group) is 1. The highest BCUT2D eigenvalue weighted by Gasteiger charge is 2.61. The molecule has 2 atom stereocenters. The van der Waals surface area contributed by atoms with Gasteiger partial charge in [-0.1, -0.05) is 12.5 Å². The maximum atomic E-state index is 12.3. The van der Waals surface area contributed by atoms with Gasteiger partial charge in [0.1, 0.15) is 5.76 Å². The van der Waals surface area contributed by atoms with Gasteiger partial charge < -0.3 is 19.9 Å². The predicted molar refractivity (Wildman–Crippen MR) is 90.3 cm³/mol. The summed E-state index contributed by atoms with van der Waals surface area (Å²) in [5, 5.41) is 3.29. The van der Waals surface area contributed by atoms with E-state index >= 15 is 0 Å². The van der Waals surface area contributed by atoms with Gasteiger partial charge in [-0.2, -0.15) is 0 Å². The molecule has 2 unspecified atom stereocenters. The molecule has 1 aliphatic carbocycles. The molecule has 5 rings (SSSR count). The van der Waals surface area contributed by atoms with Crippen molar-refractivity contribution in [3.05, 3.63) is 35.5 Å². The van der Waals surface area contributed by atoms with E-state index in [1.165, 1.54) is 24.1 Å². The van der Waals surface area contributed by atoms with E-state index in [1.54, 1.807) is 0 Å². The van der Waals surface area contributed by atoms with Crippen LogP contribution >= 0.6 is 0 Å². The van der Waals surface area contributed by atoms with E-state index in [-0.39, 0.29) is 11.3 Å². The number of hydrogen-bond donors (Lipinski definition) is 1. The smallest absolute Gasteiger partial charge is 0.239 e. The Hall–Kier alpha value is -1.75. The predicted octanol–water partition coefficient (Wildman–Crippen LogP) is 2.44. The molecule has 128 valence electrons. The molecule has 0 radical (unpaired) electrons. The Balaban J connectivity index is 1.65. The van der Waals surface area contributed by atoms with Crippen molar-refractivity contribution in [1.82, 2.24) is 15.1 Å². The van der Waals surface area contributed by atoms with Crippen LogP contribution < -0.4 is 5.32 Å². The van der Waals surface area contributed by atoms with Crippen LogP contribution in [0.2, 0.25) is 0 Å². The van der Waals surface area contributed by atoms with Crippen LogP contribution in [0.3, 0.4) is 0 Å². The number of amides is 1. The highest BCUT2D eigenvalue weighted by atomic mass is 16.5. The van der Waals surface area contributed by atoms with Gasteiger partial charge >= 0.3 is 0 Å². The second-order valence-electron chi connectivity index (χ2n) is 7.83. The number of carbonyl (C=O) groups is 1. The number of nitrogens with one attached hydrogen (secondary N) is 1. The first-order valence-corrected chi connectivity index (χ1v) is 9.21. The van der Waals surface area contributed by atoms with Gasteiger partial charge in [0.15, 0.2) is 5.72 Å². The average Bonchev–Trinajstić information content (AvgIpc) is 2.93. The van der Waals surface area contributed by atoms with Crippen molar-refractivity contribution in [2.75, 3.05) is 20.1 Å². The van der Waals surface area contributed by atoms with Gasteiger partial charge in [0.25, 0.3) is 0 Å². The monoisotopic (exact) mass is 327 g/mol. The van der Waals surface area contributed by atoms with Crippen molar-refractivity contribution in [2.45, 2.75) is 50.7 Å². The highest BCUT2D eigenvalue weighted by molar-refractivity contribution is 5.79. The van der Waals surface area contributed by atoms with E-state index in [9.17, 15) is 4.79 Å². The first kappa shape index (κ1) is 14.6. The normalized spacial score (nSPS) is 37.9. The molecule has 0 aromatic heterocycles. The van der Waals surface area contributed by atoms with Crippen molar-refractivity contribution in [3.63, 3.8) is 0 Å². The summed E-state index contributed by atoms with van der Waals surface area (Å²) in [6.07, 6.45) is 14.6. The zero-order chi connectivity index (χ0) is 16.4. The molecule has 1 saturated carbocycles. The van der Waals surface area contributed by atoms with E-state index in [0.717, 1.165) is 44.4 Å². The van der Waals surface area contributed by atoms with E-state index in [0.29, 0.717) is 6.54 Å². The third-order valence-corrected chi connectivity index (χ3v) is 6.56. The summed E-state index contributed by atoms with van der Waals surface area (Å²) in [5.41, 5.74) is 2.31. The number of rotatable bonds is 0. The molecule has 5 aliphatic rings. The second-order valence-corrected chi connectivity index (χ2v) is 7.83. The number of piperazine rings is 1. The lowest BCUT2D eigenvalue weighted by Crippen LogP contribution is -2.62. The number of hydrogen-bond acceptors (Lipinski definition) is 4. The summed E-state index contributed by atoms with van der Waals surface area (Å²) in [4.78, 5) is 16.5. The lowest BCUT2D eigenvalue weighted by atomic mass is 9.65. The largest absolute Gasteiger partial charge is 0.468 e. The zero-order valence-electron chi connectivity index (χ0n) is 14.3. The van der Waals surface area contributed by atoms with Crippen LogP contribution in [-0.4, -0.2) is 41.6 Å². The molecule has 24 heavy (non-hydrogen) atoms. The van der Waals surface area contributed by atoms with Crippen LogP contribution in [0, 0.1) is 5.41 Å². The zero-order valence-corrected chi connectivity index (χ0v) is 14.3. The Morgan fingerprint density at radius 3 is 3.12 bits per heavy atom. The van der Waals surface area contributed by atoms with Crippen molar-refractivity contribution < 1.29 is 9.53 Å². The number of ether oxygens (including phenoxy) is 1. The van der Waals surface area contributed by atoms with E-state index < -0.39 is 5.72 Å². The van der Waals surface area contributed by atoms with Gasteiger partial charge in [-0.3, -0.25) is 4.79 Å². The summed E-state index contributed by atoms with van der Waals surface area (Å²) in [5.74, 6) is 1.29. The molecule has 0 bridgehead atoms. The summed E-state index contributed by atoms with van der Waals surface area (Å²) in [6.45, 7) is 1.13. The van der Waals surface area contributed by atoms with Crippen molar-refractivity contribution >= 4 is 5.91 Å². The topological polar surface area (TPSA) is 44.8 Å². The fraction of sp³-hybridized carbons (Fsp3) is 0.632. The fourth-order valence-corrected chi connectivity index (χ4v) is 5.26. The van der Waals surface area contributed by atoms with Gasteiger partial charge in [-0.05, 0) is 37.7 Å². The molecule has 5 nitrogen and oxygen atoms in total. The van der Waals surface area contributed by atoms with Crippen LogP contribution in [0.15, 0.2) is 35.5 Å². The minimum atomic E-state index is -0.523. The number of fused-ring (bicyclic) bond motifs is 1. The minimum absolute atomic E-state index is 0.0167. The Bertz CT molecular complexity index is 695. The van der Waals surface area contributed by atoms with Crippen LogP contribution in [0.25, 0.3) is 0 Å². The lowest BCUT2D eigenvalue weighted by Gasteiger charge is -2.43. The maximum Gasteiger partial charge on any atom is 0.239 e. The summed E-state index contributed by atoms with van der Waals surface area (Å²) in [6, 6.07) is 0. The molecule has 1 amide bonds. The standard InChI is InChI=1S/C19H25N3O2/c1-21-16(23)10-20-13-19(21)12-18-8-4-2-6-14(18)11-22-9-5-3-7-15(22)17(18)24-19/h5,9,11,20H,2-4,6-8,10,12-13H2,1H3. The molecular weight excluding hydrogens is 302 g/mol. The minimum Gasteiger partial charge on any atom is -0.468 e. The molecule has 1 N–H and O–H groups in total. The molecule has 0 aromatic carbocycles. The Morgan fingerprint density at radius 2 is 2.21 bits per heavy atom. The van der Waals surface area contributed by atoms with Crippen LogP contribution in [-0.2, 0) is 9.53 Å². The van der Waals surface area contributed by atoms with Crippen LogP contribution in [0.1, 0.15) is 44.9 Å². The third kappa shape index (κ3) is 1.76. The molecule has 0 aromatic rings. The van der Waals surface area contributed by atoms with Gasteiger partial charge in [0.05, 0.1) is 24.2 Å². The average molecular weight is 327 g/mol. The molecule has 3 fully saturated rings. The molecule has 4 aliphatic heterocycles. The number of carbonyl (C=O) groups excluding carboxylic acids is 1. The molecule has 4 heterocycles. The maximum absolute atomic E-state index is 12.3. The molecule has 2 saturated heterocycles. The first-order valence-electron chi connectivity index (χ1n) is 9.21. The van der Waals surface area contributed by atoms with E-state index in [1.807, 2.05) is 11.9 Å². The fourth-order valence-electron chi connectivity index (χ4n) is 5.26. The first-order chi connectivity index (χ1) is 11.6. The number of nitrogens with zero attached hydrogens (tertiary/aromatic N) is 2. The van der Waals surface area contributed by atoms with E-state index in [2.05, 4.69) is 28.7 Å². The Morgan fingerprint density at radius 1 is 1.29 bits per heavy atom. The van der Waals surface area contributed by atoms with Crippen molar-refractivity contribution in [1.29, 1.82) is 0 Å². The Kier molecular flexibility index (Phi) is 2.97. The highest BCUT2D eigenvalue weighted by Crippen LogP contribution is 2.61. The van der Waals surface area contributed by atoms with Gasteiger partial charge in [-0.15, -0.1) is 0 Å². The quantitative estimate of drug-likeness (QED) is 0.742. The van der Waals surface area contributed by atoms with Crippen molar-refractivity contribution in [3.8, 4) is 0 Å². The summed E-state index contributed by atoms with van der Waals surface area (Å²) < 4.78 is 6.71. The second kappa shape index (κ2) is 4.88. The van der Waals surface area contributed by atoms with Gasteiger partial charge in [0.2, 0.25) is 5.91 Å². The molecular formula is C19H25N3O2. The van der Waals surface area contributed by atoms with Gasteiger partial charge in [-0.25, -0.2) is 0 Å². The third-order valence-electron chi connectivity index (χ3n) is 6.56. The van der Waals surface area contributed by atoms with Crippen LogP contribution in [0.4, 0.5) is 0 Å². The summed E-state index contributed by atoms with van der Waals surface area (Å²) in [7, 11) is 1.91. The van der Waals surface area contributed by atoms with Crippen LogP contribution in [0.5, 0.6) is 0 Å². The number of allylic oxidation sites excluding steroid dienone is 3. The molecule has 5 heteroatoms. The lowest BCUT2D eigenvalue weighted by molar-refractivity contribution is -0.159. The van der Waals surface area contributed by atoms with Gasteiger partial charge in [0, 0.05) is 25.9 Å². The SMILES string of the molecule is CN1C(=O)CNCC12CC13CCCCC1=CN1C=CCCC1=C3O2. The summed E-state index contributed by atoms with van der Waals surface area (Å²) >= 11 is 0. The molecule has 2 spiro atoms. The van der Waals surface area contributed by atoms with Crippen molar-refractivity contribution in [2.24, 2.45) is 5.41 Å². The van der Waals surface area contributed by atoms with E-state index in [4.69, 9.17) is 4.74 Å².